The lowest BCUT2D eigenvalue weighted by atomic mass is 10.0. The Balaban J connectivity index is 2.43. The minimum atomic E-state index is -0.522. The van der Waals surface area contributed by atoms with Crippen molar-refractivity contribution >= 4 is 5.69 Å². The van der Waals surface area contributed by atoms with E-state index < -0.39 is 6.23 Å². The first kappa shape index (κ1) is 7.43. The van der Waals surface area contributed by atoms with E-state index in [0.717, 1.165) is 12.0 Å². The Labute approximate surface area is 70.7 Å². The van der Waals surface area contributed by atoms with E-state index in [1.807, 2.05) is 12.1 Å². The number of rotatable bonds is 0. The van der Waals surface area contributed by atoms with Gasteiger partial charge in [-0.2, -0.15) is 0 Å². The number of aliphatic hydroxyl groups excluding tert-OH is 1. The van der Waals surface area contributed by atoms with Crippen molar-refractivity contribution in [3.8, 4) is 5.75 Å². The lowest BCUT2D eigenvalue weighted by molar-refractivity contribution is 0.188. The van der Waals surface area contributed by atoms with Crippen LogP contribution < -0.4 is 5.32 Å². The zero-order valence-corrected chi connectivity index (χ0v) is 6.62. The normalized spacial score (nSPS) is 21.2. The highest BCUT2D eigenvalue weighted by atomic mass is 16.3. The summed E-state index contributed by atoms with van der Waals surface area (Å²) in [6, 6.07) is 5.38. The van der Waals surface area contributed by atoms with Crippen LogP contribution in [0, 0.1) is 0 Å². The summed E-state index contributed by atoms with van der Waals surface area (Å²) in [5, 5.41) is 21.5. The molecule has 64 valence electrons. The summed E-state index contributed by atoms with van der Waals surface area (Å²) in [5.41, 5.74) is 1.75. The lowest BCUT2D eigenvalue weighted by Crippen LogP contribution is -2.24. The molecule has 0 saturated heterocycles. The van der Waals surface area contributed by atoms with Crippen LogP contribution in [0.5, 0.6) is 5.75 Å². The van der Waals surface area contributed by atoms with E-state index in [1.165, 1.54) is 0 Å². The second-order valence-electron chi connectivity index (χ2n) is 3.01. The molecule has 1 unspecified atom stereocenters. The molecule has 0 bridgehead atoms. The number of hydrogen-bond donors (Lipinski definition) is 3. The van der Waals surface area contributed by atoms with Gasteiger partial charge in [0.2, 0.25) is 0 Å². The third-order valence-electron chi connectivity index (χ3n) is 2.13. The number of benzene rings is 1. The van der Waals surface area contributed by atoms with Gasteiger partial charge in [0.1, 0.15) is 12.0 Å². The smallest absolute Gasteiger partial charge is 0.139 e. The molecule has 1 aromatic rings. The Morgan fingerprint density at radius 1 is 1.42 bits per heavy atom. The average Bonchev–Trinajstić information content (AvgIpc) is 2.07. The molecule has 0 aromatic heterocycles. The number of phenols is 1. The van der Waals surface area contributed by atoms with Crippen molar-refractivity contribution < 1.29 is 10.2 Å². The van der Waals surface area contributed by atoms with Crippen LogP contribution in [0.2, 0.25) is 0 Å². The van der Waals surface area contributed by atoms with Gasteiger partial charge in [-0.05, 0) is 24.5 Å². The number of fused-ring (bicyclic) bond motifs is 1. The molecule has 0 fully saturated rings. The molecule has 1 heterocycles. The molecule has 1 aliphatic rings. The van der Waals surface area contributed by atoms with Gasteiger partial charge >= 0.3 is 0 Å². The maximum Gasteiger partial charge on any atom is 0.139 e. The Bertz CT molecular complexity index is 299. The van der Waals surface area contributed by atoms with E-state index in [0.29, 0.717) is 12.1 Å². The van der Waals surface area contributed by atoms with Gasteiger partial charge in [0, 0.05) is 0 Å². The van der Waals surface area contributed by atoms with Crippen LogP contribution in [0.15, 0.2) is 18.2 Å². The molecular formula is C9H11NO2. The fourth-order valence-electron chi connectivity index (χ4n) is 1.49. The highest BCUT2D eigenvalue weighted by Crippen LogP contribution is 2.31. The van der Waals surface area contributed by atoms with Gasteiger partial charge < -0.3 is 15.5 Å². The van der Waals surface area contributed by atoms with E-state index in [-0.39, 0.29) is 5.75 Å². The average molecular weight is 165 g/mol. The first-order valence-corrected chi connectivity index (χ1v) is 4.03. The van der Waals surface area contributed by atoms with Crippen LogP contribution >= 0.6 is 0 Å². The van der Waals surface area contributed by atoms with E-state index in [4.69, 9.17) is 0 Å². The number of phenolic OH excluding ortho intramolecular Hbond substituents is 1. The van der Waals surface area contributed by atoms with Crippen molar-refractivity contribution in [3.05, 3.63) is 23.8 Å². The Kier molecular flexibility index (Phi) is 1.66. The quantitative estimate of drug-likeness (QED) is 0.504. The Hall–Kier alpha value is -1.22. The van der Waals surface area contributed by atoms with Gasteiger partial charge in [-0.1, -0.05) is 12.1 Å². The highest BCUT2D eigenvalue weighted by molar-refractivity contribution is 5.62. The van der Waals surface area contributed by atoms with E-state index >= 15 is 0 Å². The zero-order chi connectivity index (χ0) is 8.55. The van der Waals surface area contributed by atoms with Crippen LogP contribution in [-0.2, 0) is 6.42 Å². The summed E-state index contributed by atoms with van der Waals surface area (Å²) in [5.74, 6) is 0.214. The molecule has 1 aliphatic heterocycles. The van der Waals surface area contributed by atoms with Crippen LogP contribution in [0.25, 0.3) is 0 Å². The SMILES string of the molecule is Oc1cccc2c1NC(O)CC2. The largest absolute Gasteiger partial charge is 0.506 e. The van der Waals surface area contributed by atoms with Crippen molar-refractivity contribution in [1.82, 2.24) is 0 Å². The molecule has 0 saturated carbocycles. The molecule has 0 spiro atoms. The molecule has 1 atom stereocenters. The number of aryl methyl sites for hydroxylation is 1. The predicted octanol–water partition coefficient (Wildman–Crippen LogP) is 1.07. The number of anilines is 1. The van der Waals surface area contributed by atoms with E-state index in [1.54, 1.807) is 6.07 Å². The second-order valence-corrected chi connectivity index (χ2v) is 3.01. The summed E-state index contributed by atoms with van der Waals surface area (Å²) in [7, 11) is 0. The maximum absolute atomic E-state index is 9.40. The summed E-state index contributed by atoms with van der Waals surface area (Å²) in [6.45, 7) is 0. The second kappa shape index (κ2) is 2.68. The minimum absolute atomic E-state index is 0.214. The van der Waals surface area contributed by atoms with Gasteiger partial charge in [0.05, 0.1) is 5.69 Å². The number of hydrogen-bond acceptors (Lipinski definition) is 3. The number of nitrogens with one attached hydrogen (secondary N) is 1. The maximum atomic E-state index is 9.40. The number of aliphatic hydroxyl groups is 1. The Morgan fingerprint density at radius 3 is 3.08 bits per heavy atom. The molecular weight excluding hydrogens is 154 g/mol. The van der Waals surface area contributed by atoms with Crippen molar-refractivity contribution in [2.24, 2.45) is 0 Å². The van der Waals surface area contributed by atoms with Gasteiger partial charge in [0.15, 0.2) is 0 Å². The number of para-hydroxylation sites is 1. The first-order chi connectivity index (χ1) is 5.77. The molecule has 12 heavy (non-hydrogen) atoms. The lowest BCUT2D eigenvalue weighted by Gasteiger charge is -2.23. The van der Waals surface area contributed by atoms with Crippen LogP contribution in [0.3, 0.4) is 0 Å². The highest BCUT2D eigenvalue weighted by Gasteiger charge is 2.17. The van der Waals surface area contributed by atoms with Crippen LogP contribution in [0.1, 0.15) is 12.0 Å². The summed E-state index contributed by atoms with van der Waals surface area (Å²) in [6.07, 6.45) is 1.000. The van der Waals surface area contributed by atoms with Gasteiger partial charge in [-0.25, -0.2) is 0 Å². The molecule has 3 heteroatoms. The van der Waals surface area contributed by atoms with Gasteiger partial charge in [0.25, 0.3) is 0 Å². The van der Waals surface area contributed by atoms with Crippen molar-refractivity contribution in [1.29, 1.82) is 0 Å². The summed E-state index contributed by atoms with van der Waals surface area (Å²) >= 11 is 0. The summed E-state index contributed by atoms with van der Waals surface area (Å²) in [4.78, 5) is 0. The van der Waals surface area contributed by atoms with Gasteiger partial charge in [-0.15, -0.1) is 0 Å². The molecule has 2 rings (SSSR count). The third-order valence-corrected chi connectivity index (χ3v) is 2.13. The van der Waals surface area contributed by atoms with Crippen molar-refractivity contribution in [2.75, 3.05) is 5.32 Å². The topological polar surface area (TPSA) is 52.5 Å². The molecule has 0 radical (unpaired) electrons. The minimum Gasteiger partial charge on any atom is -0.506 e. The standard InChI is InChI=1S/C9H11NO2/c11-7-3-1-2-6-4-5-8(12)10-9(6)7/h1-3,8,10-12H,4-5H2. The molecule has 0 amide bonds. The molecule has 1 aromatic carbocycles. The fourth-order valence-corrected chi connectivity index (χ4v) is 1.49. The van der Waals surface area contributed by atoms with Crippen LogP contribution in [0.4, 0.5) is 5.69 Å². The molecule has 3 N–H and O–H groups in total. The van der Waals surface area contributed by atoms with Gasteiger partial charge in [-0.3, -0.25) is 0 Å². The van der Waals surface area contributed by atoms with E-state index in [2.05, 4.69) is 5.32 Å². The molecule has 3 nitrogen and oxygen atoms in total. The number of aromatic hydroxyl groups is 1. The van der Waals surface area contributed by atoms with Crippen LogP contribution in [-0.4, -0.2) is 16.4 Å². The van der Waals surface area contributed by atoms with E-state index in [9.17, 15) is 10.2 Å². The fraction of sp³-hybridized carbons (Fsp3) is 0.333. The van der Waals surface area contributed by atoms with Crippen molar-refractivity contribution in [2.45, 2.75) is 19.1 Å². The monoisotopic (exact) mass is 165 g/mol. The third kappa shape index (κ3) is 1.12. The zero-order valence-electron chi connectivity index (χ0n) is 6.62. The van der Waals surface area contributed by atoms with Crippen molar-refractivity contribution in [3.63, 3.8) is 0 Å². The predicted molar refractivity (Wildman–Crippen MR) is 46.1 cm³/mol. The summed E-state index contributed by atoms with van der Waals surface area (Å²) < 4.78 is 0. The first-order valence-electron chi connectivity index (χ1n) is 4.03. The molecule has 0 aliphatic carbocycles. The Morgan fingerprint density at radius 2 is 2.25 bits per heavy atom.